The van der Waals surface area contributed by atoms with Gasteiger partial charge in [-0.1, -0.05) is 6.07 Å². The van der Waals surface area contributed by atoms with Crippen LogP contribution in [0.4, 0.5) is 0 Å². The number of hydrogen-bond acceptors (Lipinski definition) is 4. The van der Waals surface area contributed by atoms with E-state index in [1.54, 1.807) is 22.7 Å². The molecule has 3 aromatic rings. The zero-order chi connectivity index (χ0) is 17.2. The fourth-order valence-corrected chi connectivity index (χ4v) is 6.32. The van der Waals surface area contributed by atoms with E-state index in [1.165, 1.54) is 15.3 Å². The molecule has 0 saturated carbocycles. The van der Waals surface area contributed by atoms with E-state index >= 15 is 0 Å². The molecule has 0 spiro atoms. The number of aromatic nitrogens is 1. The van der Waals surface area contributed by atoms with Gasteiger partial charge in [0.25, 0.3) is 5.91 Å². The van der Waals surface area contributed by atoms with Crippen molar-refractivity contribution in [1.82, 2.24) is 9.47 Å². The lowest BCUT2D eigenvalue weighted by Gasteiger charge is -2.22. The minimum absolute atomic E-state index is 0.170. The summed E-state index contributed by atoms with van der Waals surface area (Å²) in [4.78, 5) is 18.0. The molecule has 0 N–H and O–H groups in total. The molecule has 130 valence electrons. The highest BCUT2D eigenvalue weighted by atomic mass is 32.2. The molecule has 4 rings (SSSR count). The van der Waals surface area contributed by atoms with Crippen molar-refractivity contribution in [3.63, 3.8) is 0 Å². The highest BCUT2D eigenvalue weighted by Gasteiger charge is 2.29. The molecule has 6 heteroatoms. The van der Waals surface area contributed by atoms with E-state index in [2.05, 4.69) is 22.9 Å². The molecule has 0 saturated heterocycles. The summed E-state index contributed by atoms with van der Waals surface area (Å²) in [5.74, 6) is 2.30. The van der Waals surface area contributed by atoms with E-state index in [0.29, 0.717) is 6.54 Å². The summed E-state index contributed by atoms with van der Waals surface area (Å²) in [5.41, 5.74) is 2.21. The average molecular weight is 389 g/mol. The van der Waals surface area contributed by atoms with Crippen LogP contribution in [0.2, 0.25) is 0 Å². The van der Waals surface area contributed by atoms with Crippen LogP contribution >= 0.6 is 34.4 Å². The Labute approximate surface area is 160 Å². The first-order valence-electron chi connectivity index (χ1n) is 8.45. The fraction of sp³-hybridized carbons (Fsp3) is 0.316. The summed E-state index contributed by atoms with van der Waals surface area (Å²) in [6, 6.07) is 8.19. The Morgan fingerprint density at radius 3 is 2.84 bits per heavy atom. The number of fused-ring (bicyclic) bond motifs is 1. The monoisotopic (exact) mass is 388 g/mol. The molecule has 0 bridgehead atoms. The highest BCUT2D eigenvalue weighted by molar-refractivity contribution is 7.98. The van der Waals surface area contributed by atoms with E-state index in [-0.39, 0.29) is 5.91 Å². The van der Waals surface area contributed by atoms with E-state index < -0.39 is 0 Å². The maximum Gasteiger partial charge on any atom is 0.257 e. The number of carbonyl (C=O) groups excluding carboxylic acids is 1. The molecule has 0 atom stereocenters. The lowest BCUT2D eigenvalue weighted by atomic mass is 10.1. The van der Waals surface area contributed by atoms with Gasteiger partial charge >= 0.3 is 0 Å². The average Bonchev–Trinajstić information content (AvgIpc) is 3.39. The Morgan fingerprint density at radius 2 is 2.12 bits per heavy atom. The van der Waals surface area contributed by atoms with Crippen LogP contribution in [0.1, 0.15) is 32.6 Å². The van der Waals surface area contributed by atoms with E-state index in [1.807, 2.05) is 47.3 Å². The number of hydrogen-bond donors (Lipinski definition) is 0. The smallest absolute Gasteiger partial charge is 0.257 e. The van der Waals surface area contributed by atoms with Crippen LogP contribution in [0.15, 0.2) is 42.0 Å². The van der Waals surface area contributed by atoms with E-state index in [0.717, 1.165) is 35.0 Å². The van der Waals surface area contributed by atoms with Gasteiger partial charge in [0, 0.05) is 34.4 Å². The van der Waals surface area contributed by atoms with Gasteiger partial charge in [0.1, 0.15) is 5.00 Å². The third kappa shape index (κ3) is 3.30. The molecule has 25 heavy (non-hydrogen) atoms. The molecule has 0 aromatic carbocycles. The largest absolute Gasteiger partial charge is 0.334 e. The zero-order valence-corrected chi connectivity index (χ0v) is 16.6. The van der Waals surface area contributed by atoms with Gasteiger partial charge in [-0.3, -0.25) is 4.79 Å². The minimum Gasteiger partial charge on any atom is -0.334 e. The number of amides is 1. The van der Waals surface area contributed by atoms with Crippen LogP contribution in [0, 0.1) is 0 Å². The van der Waals surface area contributed by atoms with Crippen molar-refractivity contribution in [2.75, 3.05) is 12.3 Å². The Bertz CT molecular complexity index is 850. The summed E-state index contributed by atoms with van der Waals surface area (Å²) in [7, 11) is 0. The summed E-state index contributed by atoms with van der Waals surface area (Å²) in [5, 5.41) is 3.15. The topological polar surface area (TPSA) is 25.2 Å². The van der Waals surface area contributed by atoms with Crippen LogP contribution in [0.25, 0.3) is 5.00 Å². The van der Waals surface area contributed by atoms with Crippen LogP contribution < -0.4 is 0 Å². The third-order valence-electron chi connectivity index (χ3n) is 4.45. The molecule has 4 heterocycles. The zero-order valence-electron chi connectivity index (χ0n) is 14.1. The second-order valence-corrected chi connectivity index (χ2v) is 9.20. The first-order valence-corrected chi connectivity index (χ1v) is 11.3. The molecule has 0 radical (unpaired) electrons. The van der Waals surface area contributed by atoms with Gasteiger partial charge in [-0.2, -0.15) is 11.8 Å². The molecule has 0 unspecified atom stereocenters. The quantitative estimate of drug-likeness (QED) is 0.611. The lowest BCUT2D eigenvalue weighted by Crippen LogP contribution is -2.31. The fourth-order valence-electron chi connectivity index (χ4n) is 3.17. The highest BCUT2D eigenvalue weighted by Crippen LogP contribution is 2.39. The maximum absolute atomic E-state index is 13.5. The summed E-state index contributed by atoms with van der Waals surface area (Å²) in [6.07, 6.45) is 5.07. The van der Waals surface area contributed by atoms with Crippen molar-refractivity contribution in [3.8, 4) is 5.00 Å². The second kappa shape index (κ2) is 7.40. The molecular weight excluding hydrogens is 368 g/mol. The summed E-state index contributed by atoms with van der Waals surface area (Å²) < 4.78 is 2.10. The van der Waals surface area contributed by atoms with Crippen molar-refractivity contribution in [3.05, 3.63) is 62.9 Å². The summed E-state index contributed by atoms with van der Waals surface area (Å²) >= 11 is 5.46. The van der Waals surface area contributed by atoms with Crippen LogP contribution in [0.3, 0.4) is 0 Å². The molecule has 0 fully saturated rings. The molecule has 1 amide bonds. The van der Waals surface area contributed by atoms with E-state index in [4.69, 9.17) is 0 Å². The minimum atomic E-state index is 0.170. The molecule has 3 aromatic heterocycles. The molecular formula is C19H20N2OS3. The van der Waals surface area contributed by atoms with Crippen LogP contribution in [0.5, 0.6) is 0 Å². The van der Waals surface area contributed by atoms with Gasteiger partial charge in [-0.15, -0.1) is 22.7 Å². The Kier molecular flexibility index (Phi) is 5.01. The number of carbonyl (C=O) groups is 1. The van der Waals surface area contributed by atoms with Crippen molar-refractivity contribution >= 4 is 40.3 Å². The predicted octanol–water partition coefficient (Wildman–Crippen LogP) is 5.05. The first-order chi connectivity index (χ1) is 12.3. The van der Waals surface area contributed by atoms with Crippen molar-refractivity contribution in [2.24, 2.45) is 0 Å². The Balaban J connectivity index is 1.74. The molecule has 1 aliphatic heterocycles. The number of nitrogens with zero attached hydrogens (tertiary/aromatic N) is 2. The Morgan fingerprint density at radius 1 is 1.28 bits per heavy atom. The van der Waals surface area contributed by atoms with Crippen molar-refractivity contribution < 1.29 is 4.79 Å². The molecule has 3 nitrogen and oxygen atoms in total. The van der Waals surface area contributed by atoms with Gasteiger partial charge in [0.2, 0.25) is 0 Å². The first kappa shape index (κ1) is 16.9. The van der Waals surface area contributed by atoms with Crippen LogP contribution in [-0.2, 0) is 18.7 Å². The van der Waals surface area contributed by atoms with Crippen molar-refractivity contribution in [2.45, 2.75) is 25.6 Å². The third-order valence-corrected chi connectivity index (χ3v) is 7.73. The van der Waals surface area contributed by atoms with Gasteiger partial charge in [0.05, 0.1) is 12.1 Å². The molecule has 1 aliphatic rings. The lowest BCUT2D eigenvalue weighted by molar-refractivity contribution is 0.0753. The predicted molar refractivity (Wildman–Crippen MR) is 108 cm³/mol. The van der Waals surface area contributed by atoms with Crippen LogP contribution in [-0.4, -0.2) is 27.7 Å². The second-order valence-electron chi connectivity index (χ2n) is 5.98. The normalized spacial score (nSPS) is 13.6. The Hall–Kier alpha value is -1.50. The standard InChI is InChI=1S/C19H20N2OS3/c1-2-20(12-14-6-5-10-24-14)18(22)17-15-7-11-23-13-16(15)25-19(17)21-8-3-4-9-21/h3-6,8-10H,2,7,11-13H2,1H3. The number of thiophene rings is 2. The summed E-state index contributed by atoms with van der Waals surface area (Å²) in [6.45, 7) is 3.48. The van der Waals surface area contributed by atoms with Gasteiger partial charge in [-0.05, 0) is 48.2 Å². The maximum atomic E-state index is 13.5. The van der Waals surface area contributed by atoms with Gasteiger partial charge in [0.15, 0.2) is 0 Å². The number of rotatable bonds is 5. The van der Waals surface area contributed by atoms with Gasteiger partial charge < -0.3 is 9.47 Å². The SMILES string of the molecule is CCN(Cc1cccs1)C(=O)c1c(-n2cccc2)sc2c1CCSC2. The molecule has 0 aliphatic carbocycles. The van der Waals surface area contributed by atoms with Crippen molar-refractivity contribution in [1.29, 1.82) is 0 Å². The number of thioether (sulfide) groups is 1. The van der Waals surface area contributed by atoms with E-state index in [9.17, 15) is 4.79 Å². The van der Waals surface area contributed by atoms with Gasteiger partial charge in [-0.25, -0.2) is 0 Å².